The van der Waals surface area contributed by atoms with Gasteiger partial charge >= 0.3 is 0 Å². The van der Waals surface area contributed by atoms with Crippen LogP contribution in [0.4, 0.5) is 4.39 Å². The Hall–Kier alpha value is -2.17. The lowest BCUT2D eigenvalue weighted by atomic mass is 9.84. The molecule has 2 aromatic rings. The fourth-order valence-electron chi connectivity index (χ4n) is 2.58. The molecule has 1 aromatic heterocycles. The molecule has 1 unspecified atom stereocenters. The van der Waals surface area contributed by atoms with Gasteiger partial charge in [-0.15, -0.1) is 0 Å². The number of amides is 1. The maximum atomic E-state index is 14.1. The molecule has 0 saturated heterocycles. The smallest absolute Gasteiger partial charge is 0.223 e. The van der Waals surface area contributed by atoms with E-state index in [1.807, 2.05) is 7.05 Å². The zero-order chi connectivity index (χ0) is 14.8. The monoisotopic (exact) mass is 287 g/mol. The summed E-state index contributed by atoms with van der Waals surface area (Å²) in [5.41, 5.74) is 0.444. The van der Waals surface area contributed by atoms with Gasteiger partial charge in [-0.25, -0.2) is 9.37 Å². The van der Waals surface area contributed by atoms with Gasteiger partial charge in [-0.05, 0) is 18.9 Å². The van der Waals surface area contributed by atoms with Crippen LogP contribution in [0.2, 0.25) is 0 Å². The summed E-state index contributed by atoms with van der Waals surface area (Å²) in [5, 5.41) is 2.96. The average Bonchev–Trinajstić information content (AvgIpc) is 2.81. The highest BCUT2D eigenvalue weighted by atomic mass is 19.1. The summed E-state index contributed by atoms with van der Waals surface area (Å²) in [4.78, 5) is 16.5. The van der Waals surface area contributed by atoms with Crippen molar-refractivity contribution in [2.24, 2.45) is 13.0 Å². The number of imidazole rings is 1. The first-order chi connectivity index (χ1) is 10.2. The standard InChI is InChI=1S/C16H18FN3O/c1-20-10-9-18-15(20)14(12-7-2-3-8-13(12)17)19-16(21)11-5-4-6-11/h2-3,7-11,14H,4-6H2,1H3,(H,19,21). The van der Waals surface area contributed by atoms with Crippen LogP contribution in [-0.4, -0.2) is 15.5 Å². The minimum Gasteiger partial charge on any atom is -0.342 e. The van der Waals surface area contributed by atoms with Crippen molar-refractivity contribution in [1.29, 1.82) is 0 Å². The molecule has 110 valence electrons. The Morgan fingerprint density at radius 2 is 2.19 bits per heavy atom. The van der Waals surface area contributed by atoms with Crippen molar-refractivity contribution in [2.45, 2.75) is 25.3 Å². The van der Waals surface area contributed by atoms with Crippen LogP contribution in [0.25, 0.3) is 0 Å². The van der Waals surface area contributed by atoms with Crippen molar-refractivity contribution >= 4 is 5.91 Å². The van der Waals surface area contributed by atoms with Crippen LogP contribution < -0.4 is 5.32 Å². The molecule has 1 heterocycles. The Morgan fingerprint density at radius 3 is 2.76 bits per heavy atom. The first-order valence-corrected chi connectivity index (χ1v) is 7.19. The van der Waals surface area contributed by atoms with Crippen molar-refractivity contribution in [3.8, 4) is 0 Å². The van der Waals surface area contributed by atoms with Crippen LogP contribution in [0.3, 0.4) is 0 Å². The number of aromatic nitrogens is 2. The Morgan fingerprint density at radius 1 is 1.43 bits per heavy atom. The van der Waals surface area contributed by atoms with E-state index in [2.05, 4.69) is 10.3 Å². The van der Waals surface area contributed by atoms with Crippen LogP contribution in [0.15, 0.2) is 36.7 Å². The number of carbonyl (C=O) groups excluding carboxylic acids is 1. The lowest BCUT2D eigenvalue weighted by Crippen LogP contribution is -2.38. The topological polar surface area (TPSA) is 46.9 Å². The van der Waals surface area contributed by atoms with Gasteiger partial charge in [0.1, 0.15) is 17.7 Å². The lowest BCUT2D eigenvalue weighted by Gasteiger charge is -2.27. The second-order valence-corrected chi connectivity index (χ2v) is 5.49. The third-order valence-corrected chi connectivity index (χ3v) is 4.10. The fourth-order valence-corrected chi connectivity index (χ4v) is 2.58. The van der Waals surface area contributed by atoms with E-state index in [9.17, 15) is 9.18 Å². The maximum absolute atomic E-state index is 14.1. The predicted molar refractivity (Wildman–Crippen MR) is 76.9 cm³/mol. The summed E-state index contributed by atoms with van der Waals surface area (Å²) >= 11 is 0. The predicted octanol–water partition coefficient (Wildman–Crippen LogP) is 2.56. The number of halogens is 1. The molecule has 1 aromatic carbocycles. The van der Waals surface area contributed by atoms with Gasteiger partial charge in [-0.3, -0.25) is 4.79 Å². The number of benzene rings is 1. The molecule has 0 aliphatic heterocycles. The van der Waals surface area contributed by atoms with Crippen LogP contribution in [-0.2, 0) is 11.8 Å². The molecule has 5 heteroatoms. The third kappa shape index (κ3) is 2.68. The van der Waals surface area contributed by atoms with Crippen LogP contribution in [0.5, 0.6) is 0 Å². The molecular weight excluding hydrogens is 269 g/mol. The first-order valence-electron chi connectivity index (χ1n) is 7.19. The van der Waals surface area contributed by atoms with Crippen molar-refractivity contribution in [3.63, 3.8) is 0 Å². The summed E-state index contributed by atoms with van der Waals surface area (Å²) in [5.74, 6) is 0.337. The molecule has 0 spiro atoms. The van der Waals surface area contributed by atoms with Gasteiger partial charge < -0.3 is 9.88 Å². The summed E-state index contributed by atoms with van der Waals surface area (Å²) in [6.07, 6.45) is 6.36. The van der Waals surface area contributed by atoms with E-state index in [1.165, 1.54) is 6.07 Å². The summed E-state index contributed by atoms with van der Waals surface area (Å²) < 4.78 is 15.9. The molecule has 1 N–H and O–H groups in total. The molecule has 1 aliphatic carbocycles. The van der Waals surface area contributed by atoms with Crippen LogP contribution in [0, 0.1) is 11.7 Å². The second-order valence-electron chi connectivity index (χ2n) is 5.49. The highest BCUT2D eigenvalue weighted by Crippen LogP contribution is 2.29. The van der Waals surface area contributed by atoms with Gasteiger partial charge in [0, 0.05) is 30.9 Å². The van der Waals surface area contributed by atoms with Gasteiger partial charge in [0.05, 0.1) is 0 Å². The first kappa shape index (κ1) is 13.8. The normalized spacial score (nSPS) is 16.3. The minimum absolute atomic E-state index is 0.0162. The molecule has 0 bridgehead atoms. The van der Waals surface area contributed by atoms with E-state index in [-0.39, 0.29) is 17.6 Å². The van der Waals surface area contributed by atoms with E-state index in [4.69, 9.17) is 0 Å². The van der Waals surface area contributed by atoms with Crippen molar-refractivity contribution in [2.75, 3.05) is 0 Å². The number of nitrogens with zero attached hydrogens (tertiary/aromatic N) is 2. The highest BCUT2D eigenvalue weighted by Gasteiger charge is 2.30. The van der Waals surface area contributed by atoms with Crippen LogP contribution >= 0.6 is 0 Å². The quantitative estimate of drug-likeness (QED) is 0.939. The minimum atomic E-state index is -0.556. The summed E-state index contributed by atoms with van der Waals surface area (Å²) in [7, 11) is 1.84. The molecule has 4 nitrogen and oxygen atoms in total. The van der Waals surface area contributed by atoms with E-state index < -0.39 is 6.04 Å². The number of hydrogen-bond acceptors (Lipinski definition) is 2. The van der Waals surface area contributed by atoms with Gasteiger partial charge in [0.15, 0.2) is 0 Å². The number of aryl methyl sites for hydroxylation is 1. The molecule has 1 aliphatic rings. The average molecular weight is 287 g/mol. The third-order valence-electron chi connectivity index (χ3n) is 4.10. The van der Waals surface area contributed by atoms with Gasteiger partial charge in [0.2, 0.25) is 5.91 Å². The van der Waals surface area contributed by atoms with E-state index >= 15 is 0 Å². The molecule has 3 rings (SSSR count). The lowest BCUT2D eigenvalue weighted by molar-refractivity contribution is -0.128. The molecule has 21 heavy (non-hydrogen) atoms. The molecule has 1 atom stereocenters. The SMILES string of the molecule is Cn1ccnc1C(NC(=O)C1CCC1)c1ccccc1F. The van der Waals surface area contributed by atoms with Crippen molar-refractivity contribution in [3.05, 3.63) is 53.9 Å². The maximum Gasteiger partial charge on any atom is 0.223 e. The number of rotatable bonds is 4. The van der Waals surface area contributed by atoms with E-state index in [0.29, 0.717) is 11.4 Å². The fraction of sp³-hybridized carbons (Fsp3) is 0.375. The molecule has 1 fully saturated rings. The van der Waals surface area contributed by atoms with Gasteiger partial charge in [-0.2, -0.15) is 0 Å². The zero-order valence-electron chi connectivity index (χ0n) is 11.9. The molecular formula is C16H18FN3O. The number of hydrogen-bond donors (Lipinski definition) is 1. The second kappa shape index (κ2) is 5.68. The van der Waals surface area contributed by atoms with Gasteiger partial charge in [0.25, 0.3) is 0 Å². The Kier molecular flexibility index (Phi) is 3.73. The van der Waals surface area contributed by atoms with Gasteiger partial charge in [-0.1, -0.05) is 24.6 Å². The highest BCUT2D eigenvalue weighted by molar-refractivity contribution is 5.80. The number of carbonyl (C=O) groups is 1. The Bertz CT molecular complexity index is 648. The van der Waals surface area contributed by atoms with Crippen molar-refractivity contribution in [1.82, 2.24) is 14.9 Å². The van der Waals surface area contributed by atoms with E-state index in [1.54, 1.807) is 35.2 Å². The summed E-state index contributed by atoms with van der Waals surface area (Å²) in [6, 6.07) is 5.95. The largest absolute Gasteiger partial charge is 0.342 e. The molecule has 1 saturated carbocycles. The molecule has 1 amide bonds. The van der Waals surface area contributed by atoms with Crippen LogP contribution in [0.1, 0.15) is 36.7 Å². The zero-order valence-corrected chi connectivity index (χ0v) is 11.9. The Labute approximate surface area is 123 Å². The number of nitrogens with one attached hydrogen (secondary N) is 1. The molecule has 0 radical (unpaired) electrons. The Balaban J connectivity index is 1.93. The van der Waals surface area contributed by atoms with Crippen molar-refractivity contribution < 1.29 is 9.18 Å². The van der Waals surface area contributed by atoms with E-state index in [0.717, 1.165) is 19.3 Å². The summed E-state index contributed by atoms with van der Waals surface area (Å²) in [6.45, 7) is 0.